The second-order valence-electron chi connectivity index (χ2n) is 6.57. The van der Waals surface area contributed by atoms with E-state index < -0.39 is 72.2 Å². The Morgan fingerprint density at radius 2 is 1.35 bits per heavy atom. The van der Waals surface area contributed by atoms with Gasteiger partial charge in [-0.2, -0.15) is 13.2 Å². The van der Waals surface area contributed by atoms with Crippen LogP contribution in [0.25, 0.3) is 22.3 Å². The Bertz CT molecular complexity index is 1300. The van der Waals surface area contributed by atoms with E-state index in [0.717, 1.165) is 31.2 Å². The number of primary sulfonamides is 1. The standard InChI is InChI=1S/C20H12F7NO2S/c1-9-6-7-10(8-12(9)20(25,26)27)14-15(17(22)19(24)18(23)16(14)21)11-4-2-3-5-13(11)31(28,29)30/h2-8H,1H3,(H2,28,29,30). The largest absolute Gasteiger partial charge is 0.416 e. The molecule has 0 amide bonds. The molecule has 0 fully saturated rings. The molecule has 0 spiro atoms. The Morgan fingerprint density at radius 3 is 1.90 bits per heavy atom. The normalized spacial score (nSPS) is 12.3. The summed E-state index contributed by atoms with van der Waals surface area (Å²) in [6.45, 7) is 1.12. The molecular weight excluding hydrogens is 451 g/mol. The summed E-state index contributed by atoms with van der Waals surface area (Å²) >= 11 is 0. The number of aryl methyl sites for hydroxylation is 1. The van der Waals surface area contributed by atoms with Crippen LogP contribution in [0.2, 0.25) is 0 Å². The second kappa shape index (κ2) is 7.65. The van der Waals surface area contributed by atoms with Crippen molar-refractivity contribution in [2.75, 3.05) is 0 Å². The van der Waals surface area contributed by atoms with Gasteiger partial charge in [0.25, 0.3) is 0 Å². The first-order valence-corrected chi connectivity index (χ1v) is 9.96. The van der Waals surface area contributed by atoms with Crippen LogP contribution in [0.15, 0.2) is 47.4 Å². The molecule has 0 heterocycles. The summed E-state index contributed by atoms with van der Waals surface area (Å²) in [5.41, 5.74) is -4.95. The summed E-state index contributed by atoms with van der Waals surface area (Å²) in [6.07, 6.45) is -4.88. The van der Waals surface area contributed by atoms with Crippen LogP contribution in [-0.4, -0.2) is 8.42 Å². The number of rotatable bonds is 3. The lowest BCUT2D eigenvalue weighted by molar-refractivity contribution is -0.138. The van der Waals surface area contributed by atoms with E-state index in [0.29, 0.717) is 6.07 Å². The average molecular weight is 463 g/mol. The zero-order valence-electron chi connectivity index (χ0n) is 15.5. The summed E-state index contributed by atoms with van der Waals surface area (Å²) in [5.74, 6) is -8.50. The smallest absolute Gasteiger partial charge is 0.225 e. The lowest BCUT2D eigenvalue weighted by atomic mass is 9.91. The van der Waals surface area contributed by atoms with E-state index in [2.05, 4.69) is 0 Å². The van der Waals surface area contributed by atoms with Gasteiger partial charge in [0.05, 0.1) is 10.5 Å². The van der Waals surface area contributed by atoms with Crippen LogP contribution < -0.4 is 5.14 Å². The minimum Gasteiger partial charge on any atom is -0.225 e. The van der Waals surface area contributed by atoms with Crippen LogP contribution in [-0.2, 0) is 16.2 Å². The van der Waals surface area contributed by atoms with Crippen molar-refractivity contribution in [2.24, 2.45) is 5.14 Å². The van der Waals surface area contributed by atoms with Crippen molar-refractivity contribution < 1.29 is 39.2 Å². The predicted octanol–water partition coefficient (Wildman–Crippen LogP) is 5.55. The number of hydrogen-bond donors (Lipinski definition) is 1. The molecule has 31 heavy (non-hydrogen) atoms. The molecule has 3 aromatic rings. The molecule has 0 radical (unpaired) electrons. The molecule has 0 aromatic heterocycles. The van der Waals surface area contributed by atoms with Crippen molar-refractivity contribution in [1.29, 1.82) is 0 Å². The molecular formula is C20H12F7NO2S. The number of alkyl halides is 3. The van der Waals surface area contributed by atoms with Gasteiger partial charge in [0.1, 0.15) is 0 Å². The fraction of sp³-hybridized carbons (Fsp3) is 0.100. The maximum Gasteiger partial charge on any atom is 0.416 e. The summed E-state index contributed by atoms with van der Waals surface area (Å²) in [7, 11) is -4.56. The minimum atomic E-state index is -4.88. The molecule has 0 aliphatic carbocycles. The highest BCUT2D eigenvalue weighted by Gasteiger charge is 2.34. The Morgan fingerprint density at radius 1 is 0.806 bits per heavy atom. The lowest BCUT2D eigenvalue weighted by Crippen LogP contribution is -2.14. The molecule has 3 nitrogen and oxygen atoms in total. The molecule has 0 bridgehead atoms. The molecule has 0 aliphatic heterocycles. The highest BCUT2D eigenvalue weighted by atomic mass is 32.2. The third-order valence-corrected chi connectivity index (χ3v) is 5.53. The van der Waals surface area contributed by atoms with E-state index in [1.54, 1.807) is 0 Å². The Hall–Kier alpha value is -2.92. The molecule has 3 rings (SSSR count). The maximum atomic E-state index is 14.8. The first-order valence-electron chi connectivity index (χ1n) is 8.41. The van der Waals surface area contributed by atoms with Gasteiger partial charge >= 0.3 is 6.18 Å². The molecule has 11 heteroatoms. The average Bonchev–Trinajstić information content (AvgIpc) is 2.68. The molecule has 2 N–H and O–H groups in total. The second-order valence-corrected chi connectivity index (χ2v) is 8.10. The van der Waals surface area contributed by atoms with E-state index in [9.17, 15) is 39.2 Å². The van der Waals surface area contributed by atoms with Crippen molar-refractivity contribution in [1.82, 2.24) is 0 Å². The molecule has 3 aromatic carbocycles. The van der Waals surface area contributed by atoms with Gasteiger partial charge in [0.15, 0.2) is 23.3 Å². The highest BCUT2D eigenvalue weighted by molar-refractivity contribution is 7.89. The Labute approximate surface area is 172 Å². The predicted molar refractivity (Wildman–Crippen MR) is 98.3 cm³/mol. The van der Waals surface area contributed by atoms with Gasteiger partial charge in [0.2, 0.25) is 10.0 Å². The Balaban J connectivity index is 2.51. The zero-order valence-corrected chi connectivity index (χ0v) is 16.3. The molecule has 0 saturated carbocycles. The highest BCUT2D eigenvalue weighted by Crippen LogP contribution is 2.43. The third-order valence-electron chi connectivity index (χ3n) is 4.56. The van der Waals surface area contributed by atoms with Crippen molar-refractivity contribution in [3.63, 3.8) is 0 Å². The third kappa shape index (κ3) is 4.02. The van der Waals surface area contributed by atoms with E-state index in [4.69, 9.17) is 5.14 Å². The Kier molecular flexibility index (Phi) is 5.61. The summed E-state index contributed by atoms with van der Waals surface area (Å²) in [5, 5.41) is 5.08. The van der Waals surface area contributed by atoms with Crippen molar-refractivity contribution in [3.05, 3.63) is 76.9 Å². The topological polar surface area (TPSA) is 60.2 Å². The van der Waals surface area contributed by atoms with Gasteiger partial charge in [-0.05, 0) is 30.2 Å². The monoisotopic (exact) mass is 463 g/mol. The van der Waals surface area contributed by atoms with Crippen LogP contribution in [0.3, 0.4) is 0 Å². The van der Waals surface area contributed by atoms with Gasteiger partial charge in [0, 0.05) is 16.7 Å². The lowest BCUT2D eigenvalue weighted by Gasteiger charge is -2.18. The van der Waals surface area contributed by atoms with E-state index in [1.165, 1.54) is 12.1 Å². The molecule has 0 aliphatic rings. The van der Waals surface area contributed by atoms with Crippen molar-refractivity contribution in [3.8, 4) is 22.3 Å². The number of hydrogen-bond acceptors (Lipinski definition) is 2. The number of nitrogens with two attached hydrogens (primary N) is 1. The van der Waals surface area contributed by atoms with Gasteiger partial charge in [-0.15, -0.1) is 0 Å². The summed E-state index contributed by atoms with van der Waals surface area (Å²) < 4.78 is 121. The van der Waals surface area contributed by atoms with Crippen LogP contribution >= 0.6 is 0 Å². The molecule has 0 unspecified atom stereocenters. The number of sulfonamides is 1. The minimum absolute atomic E-state index is 0.258. The van der Waals surface area contributed by atoms with Crippen molar-refractivity contribution >= 4 is 10.0 Å². The van der Waals surface area contributed by atoms with Crippen LogP contribution in [0, 0.1) is 30.2 Å². The zero-order chi connectivity index (χ0) is 23.3. The molecule has 0 atom stereocenters. The van der Waals surface area contributed by atoms with Crippen molar-refractivity contribution in [2.45, 2.75) is 18.0 Å². The fourth-order valence-electron chi connectivity index (χ4n) is 3.16. The quantitative estimate of drug-likeness (QED) is 0.315. The number of benzene rings is 3. The van der Waals surface area contributed by atoms with Crippen LogP contribution in [0.5, 0.6) is 0 Å². The van der Waals surface area contributed by atoms with Gasteiger partial charge in [-0.1, -0.05) is 30.3 Å². The van der Waals surface area contributed by atoms with E-state index in [-0.39, 0.29) is 5.56 Å². The van der Waals surface area contributed by atoms with Gasteiger partial charge in [-0.25, -0.2) is 31.1 Å². The molecule has 0 saturated heterocycles. The fourth-order valence-corrected chi connectivity index (χ4v) is 3.90. The molecule has 164 valence electrons. The summed E-state index contributed by atoms with van der Waals surface area (Å²) in [4.78, 5) is -0.760. The van der Waals surface area contributed by atoms with E-state index >= 15 is 0 Å². The first kappa shape index (κ1) is 22.8. The first-order chi connectivity index (χ1) is 14.2. The van der Waals surface area contributed by atoms with Gasteiger partial charge < -0.3 is 0 Å². The van der Waals surface area contributed by atoms with Crippen LogP contribution in [0.4, 0.5) is 30.7 Å². The van der Waals surface area contributed by atoms with E-state index in [1.807, 2.05) is 0 Å². The summed E-state index contributed by atoms with van der Waals surface area (Å²) in [6, 6.07) is 6.54. The number of halogens is 7. The SMILES string of the molecule is Cc1ccc(-c2c(F)c(F)c(F)c(F)c2-c2ccccc2S(N)(=O)=O)cc1C(F)(F)F. The van der Waals surface area contributed by atoms with Crippen LogP contribution in [0.1, 0.15) is 11.1 Å². The van der Waals surface area contributed by atoms with Gasteiger partial charge in [-0.3, -0.25) is 0 Å². The maximum absolute atomic E-state index is 14.8.